The number of hydrogen-bond donors (Lipinski definition) is 2. The highest BCUT2D eigenvalue weighted by molar-refractivity contribution is 6.34. The fourth-order valence-electron chi connectivity index (χ4n) is 3.35. The molecule has 0 saturated heterocycles. The first kappa shape index (κ1) is 15.7. The number of nitrogens with zero attached hydrogens (tertiary/aromatic N) is 1. The smallest absolute Gasteiger partial charge is 0.253 e. The normalized spacial score (nSPS) is 18.5. The van der Waals surface area contributed by atoms with Crippen LogP contribution in [0.3, 0.4) is 0 Å². The second-order valence-electron chi connectivity index (χ2n) is 6.98. The van der Waals surface area contributed by atoms with Crippen molar-refractivity contribution in [1.29, 1.82) is 0 Å². The van der Waals surface area contributed by atoms with Gasteiger partial charge in [-0.25, -0.2) is 0 Å². The van der Waals surface area contributed by atoms with Crippen molar-refractivity contribution in [1.82, 2.24) is 10.3 Å². The Morgan fingerprint density at radius 2 is 1.83 bits per heavy atom. The van der Waals surface area contributed by atoms with Crippen LogP contribution in [0.15, 0.2) is 24.4 Å². The maximum atomic E-state index is 12.5. The fraction of sp³-hybridized carbons (Fsp3) is 0.474. The number of nitrogens with one attached hydrogen (secondary N) is 2. The molecule has 1 aromatic carbocycles. The first-order chi connectivity index (χ1) is 11.7. The van der Waals surface area contributed by atoms with Gasteiger partial charge in [-0.15, -0.1) is 0 Å². The number of benzene rings is 1. The van der Waals surface area contributed by atoms with E-state index >= 15 is 0 Å². The maximum absolute atomic E-state index is 12.5. The zero-order chi connectivity index (χ0) is 16.5. The molecule has 1 aromatic heterocycles. The Kier molecular flexibility index (Phi) is 4.31. The molecule has 1 heterocycles. The first-order valence-electron chi connectivity index (χ1n) is 8.86. The third-order valence-corrected chi connectivity index (χ3v) is 5.22. The van der Waals surface area contributed by atoms with Crippen LogP contribution in [-0.2, 0) is 0 Å². The van der Waals surface area contributed by atoms with Gasteiger partial charge in [-0.2, -0.15) is 0 Å². The summed E-state index contributed by atoms with van der Waals surface area (Å²) in [5.74, 6) is -0.0346. The van der Waals surface area contributed by atoms with Crippen molar-refractivity contribution in [3.05, 3.63) is 35.0 Å². The SMILES string of the molecule is O=C(NC1CCCCC1)c1cnc2cc(NC3CC3)c(Cl)cc2c1. The van der Waals surface area contributed by atoms with Crippen LogP contribution in [0.1, 0.15) is 55.3 Å². The lowest BCUT2D eigenvalue weighted by molar-refractivity contribution is 0.0927. The average molecular weight is 344 g/mol. The summed E-state index contributed by atoms with van der Waals surface area (Å²) in [4.78, 5) is 16.9. The van der Waals surface area contributed by atoms with Crippen molar-refractivity contribution in [3.8, 4) is 0 Å². The van der Waals surface area contributed by atoms with Crippen molar-refractivity contribution < 1.29 is 4.79 Å². The summed E-state index contributed by atoms with van der Waals surface area (Å²) in [6, 6.07) is 6.59. The van der Waals surface area contributed by atoms with Crippen LogP contribution >= 0.6 is 11.6 Å². The quantitative estimate of drug-likeness (QED) is 0.857. The van der Waals surface area contributed by atoms with Crippen molar-refractivity contribution >= 4 is 34.1 Å². The van der Waals surface area contributed by atoms with E-state index < -0.39 is 0 Å². The maximum Gasteiger partial charge on any atom is 0.253 e. The minimum atomic E-state index is -0.0346. The molecule has 2 aromatic rings. The number of halogens is 1. The zero-order valence-corrected chi connectivity index (χ0v) is 14.4. The molecule has 0 atom stereocenters. The van der Waals surface area contributed by atoms with Gasteiger partial charge in [0.15, 0.2) is 0 Å². The van der Waals surface area contributed by atoms with E-state index in [2.05, 4.69) is 15.6 Å². The molecule has 2 aliphatic carbocycles. The molecular weight excluding hydrogens is 322 g/mol. The minimum Gasteiger partial charge on any atom is -0.381 e. The number of carbonyl (C=O) groups is 1. The van der Waals surface area contributed by atoms with Crippen LogP contribution in [0.25, 0.3) is 10.9 Å². The number of rotatable bonds is 4. The fourth-order valence-corrected chi connectivity index (χ4v) is 3.57. The van der Waals surface area contributed by atoms with Gasteiger partial charge < -0.3 is 10.6 Å². The Morgan fingerprint density at radius 3 is 2.58 bits per heavy atom. The summed E-state index contributed by atoms with van der Waals surface area (Å²) < 4.78 is 0. The van der Waals surface area contributed by atoms with E-state index in [1.54, 1.807) is 6.20 Å². The Balaban J connectivity index is 1.54. The summed E-state index contributed by atoms with van der Waals surface area (Å²) in [5, 5.41) is 8.13. The molecule has 2 saturated carbocycles. The van der Waals surface area contributed by atoms with Gasteiger partial charge in [-0.05, 0) is 43.9 Å². The lowest BCUT2D eigenvalue weighted by Gasteiger charge is -2.22. The van der Waals surface area contributed by atoms with E-state index in [-0.39, 0.29) is 5.91 Å². The van der Waals surface area contributed by atoms with E-state index in [1.165, 1.54) is 32.1 Å². The summed E-state index contributed by atoms with van der Waals surface area (Å²) in [6.45, 7) is 0. The number of hydrogen-bond acceptors (Lipinski definition) is 3. The Labute approximate surface area is 147 Å². The molecule has 0 bridgehead atoms. The van der Waals surface area contributed by atoms with Crippen LogP contribution in [-0.4, -0.2) is 23.0 Å². The molecule has 126 valence electrons. The zero-order valence-electron chi connectivity index (χ0n) is 13.6. The molecule has 2 aliphatic rings. The molecule has 4 nitrogen and oxygen atoms in total. The molecule has 2 fully saturated rings. The Morgan fingerprint density at radius 1 is 1.04 bits per heavy atom. The molecule has 2 N–H and O–H groups in total. The number of fused-ring (bicyclic) bond motifs is 1. The lowest BCUT2D eigenvalue weighted by atomic mass is 9.95. The summed E-state index contributed by atoms with van der Waals surface area (Å²) in [6.07, 6.45) is 9.89. The lowest BCUT2D eigenvalue weighted by Crippen LogP contribution is -2.36. The Hall–Kier alpha value is -1.81. The average Bonchev–Trinajstić information content (AvgIpc) is 3.40. The second kappa shape index (κ2) is 6.60. The highest BCUT2D eigenvalue weighted by Gasteiger charge is 2.22. The first-order valence-corrected chi connectivity index (χ1v) is 9.23. The van der Waals surface area contributed by atoms with Gasteiger partial charge in [0.2, 0.25) is 0 Å². The molecule has 24 heavy (non-hydrogen) atoms. The van der Waals surface area contributed by atoms with Crippen molar-refractivity contribution in [2.45, 2.75) is 57.0 Å². The second-order valence-corrected chi connectivity index (χ2v) is 7.38. The van der Waals surface area contributed by atoms with Gasteiger partial charge in [0.1, 0.15) is 0 Å². The van der Waals surface area contributed by atoms with E-state index in [1.807, 2.05) is 18.2 Å². The molecule has 1 amide bonds. The van der Waals surface area contributed by atoms with Crippen molar-refractivity contribution in [3.63, 3.8) is 0 Å². The standard InChI is InChI=1S/C19H22ClN3O/c20-16-9-12-8-13(19(24)23-14-4-2-1-3-5-14)11-21-17(12)10-18(16)22-15-6-7-15/h8-11,14-15,22H,1-7H2,(H,23,24). The predicted molar refractivity (Wildman–Crippen MR) is 97.7 cm³/mol. The van der Waals surface area contributed by atoms with E-state index in [0.29, 0.717) is 22.7 Å². The van der Waals surface area contributed by atoms with Crippen LogP contribution in [0.4, 0.5) is 5.69 Å². The van der Waals surface area contributed by atoms with Gasteiger partial charge >= 0.3 is 0 Å². The van der Waals surface area contributed by atoms with Crippen LogP contribution in [0.2, 0.25) is 5.02 Å². The molecule has 0 radical (unpaired) electrons. The van der Waals surface area contributed by atoms with Gasteiger partial charge in [0.05, 0.1) is 21.8 Å². The van der Waals surface area contributed by atoms with E-state index in [4.69, 9.17) is 11.6 Å². The van der Waals surface area contributed by atoms with Crippen LogP contribution < -0.4 is 10.6 Å². The van der Waals surface area contributed by atoms with Crippen LogP contribution in [0, 0.1) is 0 Å². The third kappa shape index (κ3) is 3.48. The topological polar surface area (TPSA) is 54.0 Å². The minimum absolute atomic E-state index is 0.0346. The molecule has 0 aliphatic heterocycles. The van der Waals surface area contributed by atoms with Gasteiger partial charge in [0, 0.05) is 23.7 Å². The molecule has 0 unspecified atom stereocenters. The summed E-state index contributed by atoms with van der Waals surface area (Å²) >= 11 is 6.37. The largest absolute Gasteiger partial charge is 0.381 e. The third-order valence-electron chi connectivity index (χ3n) is 4.91. The van der Waals surface area contributed by atoms with Gasteiger partial charge in [-0.3, -0.25) is 9.78 Å². The van der Waals surface area contributed by atoms with E-state index in [9.17, 15) is 4.79 Å². The molecule has 4 rings (SSSR count). The Bertz CT molecular complexity index is 767. The predicted octanol–water partition coefficient (Wildman–Crippen LogP) is 4.53. The number of amides is 1. The number of anilines is 1. The monoisotopic (exact) mass is 343 g/mol. The summed E-state index contributed by atoms with van der Waals surface area (Å²) in [7, 11) is 0. The van der Waals surface area contributed by atoms with Gasteiger partial charge in [0.25, 0.3) is 5.91 Å². The van der Waals surface area contributed by atoms with Crippen LogP contribution in [0.5, 0.6) is 0 Å². The molecule has 0 spiro atoms. The van der Waals surface area contributed by atoms with E-state index in [0.717, 1.165) is 29.4 Å². The number of aromatic nitrogens is 1. The highest BCUT2D eigenvalue weighted by Crippen LogP contribution is 2.32. The molecule has 5 heteroatoms. The number of pyridine rings is 1. The summed E-state index contributed by atoms with van der Waals surface area (Å²) in [5.41, 5.74) is 2.39. The van der Waals surface area contributed by atoms with Crippen molar-refractivity contribution in [2.24, 2.45) is 0 Å². The number of carbonyl (C=O) groups excluding carboxylic acids is 1. The van der Waals surface area contributed by atoms with Gasteiger partial charge in [-0.1, -0.05) is 30.9 Å². The highest BCUT2D eigenvalue weighted by atomic mass is 35.5. The molecular formula is C19H22ClN3O. The van der Waals surface area contributed by atoms with Crippen molar-refractivity contribution in [2.75, 3.05) is 5.32 Å².